The maximum absolute atomic E-state index is 11.6. The van der Waals surface area contributed by atoms with Crippen molar-refractivity contribution in [3.05, 3.63) is 41.6 Å². The van der Waals surface area contributed by atoms with Crippen molar-refractivity contribution in [3.63, 3.8) is 0 Å². The van der Waals surface area contributed by atoms with Crippen LogP contribution in [0.4, 0.5) is 5.95 Å². The molecule has 106 valence electrons. The molecule has 2 aromatic heterocycles. The van der Waals surface area contributed by atoms with E-state index in [2.05, 4.69) is 15.3 Å². The van der Waals surface area contributed by atoms with Gasteiger partial charge in [0.2, 0.25) is 5.95 Å². The normalized spacial score (nSPS) is 10.3. The van der Waals surface area contributed by atoms with Crippen molar-refractivity contribution < 1.29 is 13.9 Å². The molecule has 2 rings (SSSR count). The number of ether oxygens (including phenoxy) is 1. The molecule has 2 heterocycles. The summed E-state index contributed by atoms with van der Waals surface area (Å²) in [7, 11) is 0. The maximum Gasteiger partial charge on any atom is 0.341 e. The van der Waals surface area contributed by atoms with Gasteiger partial charge in [0.15, 0.2) is 0 Å². The number of carbonyl (C=O) groups is 1. The van der Waals surface area contributed by atoms with Crippen molar-refractivity contribution in [3.8, 4) is 0 Å². The summed E-state index contributed by atoms with van der Waals surface area (Å²) >= 11 is 0. The van der Waals surface area contributed by atoms with Crippen molar-refractivity contribution >= 4 is 11.9 Å². The highest BCUT2D eigenvalue weighted by Gasteiger charge is 2.12. The van der Waals surface area contributed by atoms with E-state index in [9.17, 15) is 4.79 Å². The molecule has 0 aliphatic rings. The van der Waals surface area contributed by atoms with E-state index in [4.69, 9.17) is 9.15 Å². The zero-order valence-corrected chi connectivity index (χ0v) is 11.5. The molecule has 2 aromatic rings. The van der Waals surface area contributed by atoms with Crippen LogP contribution in [-0.4, -0.2) is 29.1 Å². The average molecular weight is 275 g/mol. The monoisotopic (exact) mass is 275 g/mol. The van der Waals surface area contributed by atoms with Gasteiger partial charge in [0, 0.05) is 19.2 Å². The van der Waals surface area contributed by atoms with Crippen LogP contribution in [0.1, 0.15) is 28.7 Å². The van der Waals surface area contributed by atoms with E-state index in [1.165, 1.54) is 6.20 Å². The lowest BCUT2D eigenvalue weighted by atomic mass is 10.2. The van der Waals surface area contributed by atoms with Crippen LogP contribution in [0.15, 0.2) is 29.0 Å². The second-order valence-corrected chi connectivity index (χ2v) is 4.17. The molecule has 6 nitrogen and oxygen atoms in total. The van der Waals surface area contributed by atoms with Crippen LogP contribution in [-0.2, 0) is 11.2 Å². The van der Waals surface area contributed by atoms with Gasteiger partial charge in [0.05, 0.1) is 24.1 Å². The van der Waals surface area contributed by atoms with Crippen molar-refractivity contribution in [1.29, 1.82) is 0 Å². The first-order valence-corrected chi connectivity index (χ1v) is 6.47. The highest BCUT2D eigenvalue weighted by Crippen LogP contribution is 2.09. The minimum Gasteiger partial charge on any atom is -0.469 e. The molecular formula is C14H17N3O3. The van der Waals surface area contributed by atoms with Crippen molar-refractivity contribution in [2.24, 2.45) is 0 Å². The lowest BCUT2D eigenvalue weighted by Gasteiger charge is -2.07. The average Bonchev–Trinajstić information content (AvgIpc) is 2.92. The summed E-state index contributed by atoms with van der Waals surface area (Å²) in [4.78, 5) is 20.0. The van der Waals surface area contributed by atoms with Crippen LogP contribution in [0.2, 0.25) is 0 Å². The largest absolute Gasteiger partial charge is 0.469 e. The molecule has 0 unspecified atom stereocenters. The van der Waals surface area contributed by atoms with Crippen LogP contribution in [0.5, 0.6) is 0 Å². The van der Waals surface area contributed by atoms with Crippen molar-refractivity contribution in [2.75, 3.05) is 18.5 Å². The molecular weight excluding hydrogens is 258 g/mol. The van der Waals surface area contributed by atoms with E-state index in [1.807, 2.05) is 12.1 Å². The van der Waals surface area contributed by atoms with Gasteiger partial charge in [0.1, 0.15) is 5.76 Å². The molecule has 0 aromatic carbocycles. The molecule has 0 atom stereocenters. The molecule has 0 saturated carbocycles. The number of aromatic nitrogens is 2. The van der Waals surface area contributed by atoms with Gasteiger partial charge < -0.3 is 14.5 Å². The van der Waals surface area contributed by atoms with Crippen LogP contribution in [0.25, 0.3) is 0 Å². The second kappa shape index (κ2) is 6.70. The molecule has 0 amide bonds. The first-order chi connectivity index (χ1) is 9.70. The standard InChI is InChI=1S/C14H17N3O3/c1-3-19-13(18)12-9-16-14(17-10(12)2)15-7-6-11-5-4-8-20-11/h4-5,8-9H,3,6-7H2,1-2H3,(H,15,16,17). The molecule has 6 heteroatoms. The third kappa shape index (κ3) is 3.57. The van der Waals surface area contributed by atoms with Crippen molar-refractivity contribution in [1.82, 2.24) is 9.97 Å². The molecule has 0 bridgehead atoms. The van der Waals surface area contributed by atoms with Gasteiger partial charge in [-0.2, -0.15) is 0 Å². The predicted octanol–water partition coefficient (Wildman–Crippen LogP) is 2.21. The quantitative estimate of drug-likeness (QED) is 0.814. The SMILES string of the molecule is CCOC(=O)c1cnc(NCCc2ccco2)nc1C. The van der Waals surface area contributed by atoms with Crippen LogP contribution >= 0.6 is 0 Å². The first kappa shape index (κ1) is 14.0. The topological polar surface area (TPSA) is 77.2 Å². The lowest BCUT2D eigenvalue weighted by Crippen LogP contribution is -2.12. The zero-order valence-electron chi connectivity index (χ0n) is 11.5. The Bertz CT molecular complexity index is 567. The van der Waals surface area contributed by atoms with Crippen LogP contribution < -0.4 is 5.32 Å². The van der Waals surface area contributed by atoms with Crippen LogP contribution in [0.3, 0.4) is 0 Å². The second-order valence-electron chi connectivity index (χ2n) is 4.17. The first-order valence-electron chi connectivity index (χ1n) is 6.47. The van der Waals surface area contributed by atoms with E-state index >= 15 is 0 Å². The van der Waals surface area contributed by atoms with Gasteiger partial charge in [-0.3, -0.25) is 0 Å². The summed E-state index contributed by atoms with van der Waals surface area (Å²) < 4.78 is 10.2. The Labute approximate surface area is 117 Å². The Morgan fingerprint density at radius 1 is 1.50 bits per heavy atom. The van der Waals surface area contributed by atoms with Crippen LogP contribution in [0, 0.1) is 6.92 Å². The van der Waals surface area contributed by atoms with E-state index in [-0.39, 0.29) is 0 Å². The van der Waals surface area contributed by atoms with E-state index in [0.717, 1.165) is 12.2 Å². The molecule has 0 spiro atoms. The summed E-state index contributed by atoms with van der Waals surface area (Å²) in [5, 5.41) is 3.09. The molecule has 0 saturated heterocycles. The Kier molecular flexibility index (Phi) is 4.70. The fraction of sp³-hybridized carbons (Fsp3) is 0.357. The van der Waals surface area contributed by atoms with E-state index in [0.29, 0.717) is 30.4 Å². The Balaban J connectivity index is 1.93. The van der Waals surface area contributed by atoms with Gasteiger partial charge in [-0.15, -0.1) is 0 Å². The van der Waals surface area contributed by atoms with Crippen molar-refractivity contribution in [2.45, 2.75) is 20.3 Å². The molecule has 20 heavy (non-hydrogen) atoms. The molecule has 0 radical (unpaired) electrons. The number of nitrogens with one attached hydrogen (secondary N) is 1. The number of aryl methyl sites for hydroxylation is 1. The highest BCUT2D eigenvalue weighted by molar-refractivity contribution is 5.90. The zero-order chi connectivity index (χ0) is 14.4. The fourth-order valence-corrected chi connectivity index (χ4v) is 1.71. The van der Waals surface area contributed by atoms with E-state index in [1.54, 1.807) is 20.1 Å². The van der Waals surface area contributed by atoms with Gasteiger partial charge >= 0.3 is 5.97 Å². The maximum atomic E-state index is 11.6. The number of rotatable bonds is 6. The number of carbonyl (C=O) groups excluding carboxylic acids is 1. The Hall–Kier alpha value is -2.37. The molecule has 0 fully saturated rings. The third-order valence-corrected chi connectivity index (χ3v) is 2.71. The minimum absolute atomic E-state index is 0.335. The number of furan rings is 1. The summed E-state index contributed by atoms with van der Waals surface area (Å²) in [6.07, 6.45) is 3.87. The third-order valence-electron chi connectivity index (χ3n) is 2.71. The number of hydrogen-bond donors (Lipinski definition) is 1. The molecule has 1 N–H and O–H groups in total. The summed E-state index contributed by atoms with van der Waals surface area (Å²) in [6, 6.07) is 3.77. The number of anilines is 1. The summed E-state index contributed by atoms with van der Waals surface area (Å²) in [6.45, 7) is 4.51. The number of hydrogen-bond acceptors (Lipinski definition) is 6. The Morgan fingerprint density at radius 3 is 3.00 bits per heavy atom. The highest BCUT2D eigenvalue weighted by atomic mass is 16.5. The lowest BCUT2D eigenvalue weighted by molar-refractivity contribution is 0.0524. The van der Waals surface area contributed by atoms with E-state index < -0.39 is 5.97 Å². The molecule has 0 aliphatic carbocycles. The molecule has 0 aliphatic heterocycles. The minimum atomic E-state index is -0.396. The summed E-state index contributed by atoms with van der Waals surface area (Å²) in [5.41, 5.74) is 0.988. The fourth-order valence-electron chi connectivity index (χ4n) is 1.71. The summed E-state index contributed by atoms with van der Waals surface area (Å²) in [5.74, 6) is 0.992. The van der Waals surface area contributed by atoms with Gasteiger partial charge in [-0.05, 0) is 26.0 Å². The predicted molar refractivity (Wildman–Crippen MR) is 73.6 cm³/mol. The van der Waals surface area contributed by atoms with Gasteiger partial charge in [-0.1, -0.05) is 0 Å². The smallest absolute Gasteiger partial charge is 0.341 e. The number of nitrogens with zero attached hydrogens (tertiary/aromatic N) is 2. The van der Waals surface area contributed by atoms with Gasteiger partial charge in [0.25, 0.3) is 0 Å². The van der Waals surface area contributed by atoms with Gasteiger partial charge in [-0.25, -0.2) is 14.8 Å². The number of esters is 1. The Morgan fingerprint density at radius 2 is 2.35 bits per heavy atom.